The number of benzene rings is 2. The average Bonchev–Trinajstić information content (AvgIpc) is 2.62. The molecule has 2 rings (SSSR count). The molecule has 4 nitrogen and oxygen atoms in total. The van der Waals surface area contributed by atoms with E-state index in [4.69, 9.17) is 26.8 Å². The minimum absolute atomic E-state index is 0.0312. The Labute approximate surface area is 152 Å². The molecule has 0 amide bonds. The first kappa shape index (κ1) is 19.5. The van der Waals surface area contributed by atoms with Gasteiger partial charge in [0.25, 0.3) is 0 Å². The van der Waals surface area contributed by atoms with E-state index in [1.165, 1.54) is 12.1 Å². The molecule has 1 unspecified atom stereocenters. The van der Waals surface area contributed by atoms with Crippen LogP contribution >= 0.6 is 11.6 Å². The summed E-state index contributed by atoms with van der Waals surface area (Å²) < 4.78 is 24.6. The normalized spacial score (nSPS) is 14.7. The van der Waals surface area contributed by atoms with E-state index in [-0.39, 0.29) is 16.5 Å². The highest BCUT2D eigenvalue weighted by Gasteiger charge is 2.26. The highest BCUT2D eigenvalue weighted by atomic mass is 35.5. The van der Waals surface area contributed by atoms with Crippen molar-refractivity contribution in [3.05, 3.63) is 58.4 Å². The predicted octanol–water partition coefficient (Wildman–Crippen LogP) is 3.74. The number of hydrogen-bond acceptors (Lipinski definition) is 4. The van der Waals surface area contributed by atoms with E-state index in [9.17, 15) is 9.50 Å². The van der Waals surface area contributed by atoms with Gasteiger partial charge in [0.2, 0.25) is 0 Å². The smallest absolute Gasteiger partial charge is 0.160 e. The number of halogens is 2. The molecule has 25 heavy (non-hydrogen) atoms. The van der Waals surface area contributed by atoms with Gasteiger partial charge in [-0.25, -0.2) is 4.39 Å². The molecule has 0 aromatic heterocycles. The first-order valence-electron chi connectivity index (χ1n) is 7.97. The zero-order valence-corrected chi connectivity index (χ0v) is 15.3. The summed E-state index contributed by atoms with van der Waals surface area (Å²) >= 11 is 5.78. The van der Waals surface area contributed by atoms with E-state index in [1.807, 2.05) is 25.1 Å². The minimum atomic E-state index is -1.14. The Hall–Kier alpha value is -1.82. The van der Waals surface area contributed by atoms with Crippen LogP contribution in [0.2, 0.25) is 5.02 Å². The Balaban J connectivity index is 2.14. The number of hydrogen-bond donors (Lipinski definition) is 2. The van der Waals surface area contributed by atoms with Crippen LogP contribution in [0, 0.1) is 11.7 Å². The van der Waals surface area contributed by atoms with Crippen LogP contribution in [0.3, 0.4) is 0 Å². The highest BCUT2D eigenvalue weighted by molar-refractivity contribution is 6.30. The maximum absolute atomic E-state index is 14.1. The van der Waals surface area contributed by atoms with Gasteiger partial charge in [-0.05, 0) is 36.1 Å². The number of rotatable bonds is 7. The first-order valence-corrected chi connectivity index (χ1v) is 8.35. The van der Waals surface area contributed by atoms with E-state index in [2.05, 4.69) is 0 Å². The molecule has 6 heteroatoms. The molecule has 0 radical (unpaired) electrons. The van der Waals surface area contributed by atoms with Gasteiger partial charge in [-0.2, -0.15) is 0 Å². The van der Waals surface area contributed by atoms with Gasteiger partial charge < -0.3 is 20.3 Å². The molecule has 0 spiro atoms. The van der Waals surface area contributed by atoms with E-state index >= 15 is 0 Å². The summed E-state index contributed by atoms with van der Waals surface area (Å²) in [7, 11) is 3.15. The Bertz CT molecular complexity index is 726. The molecule has 0 heterocycles. The monoisotopic (exact) mass is 367 g/mol. The number of aliphatic hydroxyl groups excluding tert-OH is 1. The van der Waals surface area contributed by atoms with Gasteiger partial charge in [0.05, 0.1) is 25.3 Å². The Morgan fingerprint density at radius 3 is 2.48 bits per heavy atom. The van der Waals surface area contributed by atoms with Crippen LogP contribution in [-0.4, -0.2) is 25.4 Å². The van der Waals surface area contributed by atoms with Crippen molar-refractivity contribution in [1.29, 1.82) is 0 Å². The number of aliphatic hydroxyl groups is 1. The summed E-state index contributed by atoms with van der Waals surface area (Å²) in [6.45, 7) is 1.91. The summed E-state index contributed by atoms with van der Waals surface area (Å²) in [4.78, 5) is 0. The van der Waals surface area contributed by atoms with Crippen LogP contribution in [-0.2, 0) is 6.42 Å². The number of ether oxygens (including phenoxy) is 2. The van der Waals surface area contributed by atoms with Crippen LogP contribution in [0.5, 0.6) is 11.5 Å². The lowest BCUT2D eigenvalue weighted by Gasteiger charge is -2.26. The summed E-state index contributed by atoms with van der Waals surface area (Å²) in [6.07, 6.45) is -0.547. The SMILES string of the molecule is COc1ccc(CC(C)[C@@H](N)[C@H](O)c2cccc(Cl)c2F)cc1OC. The van der Waals surface area contributed by atoms with Crippen molar-refractivity contribution in [1.82, 2.24) is 0 Å². The van der Waals surface area contributed by atoms with Crippen LogP contribution in [0.4, 0.5) is 4.39 Å². The van der Waals surface area contributed by atoms with Crippen LogP contribution in [0.1, 0.15) is 24.2 Å². The van der Waals surface area contributed by atoms with Gasteiger partial charge in [-0.3, -0.25) is 0 Å². The third-order valence-electron chi connectivity index (χ3n) is 4.33. The third kappa shape index (κ3) is 4.42. The lowest BCUT2D eigenvalue weighted by molar-refractivity contribution is 0.118. The number of methoxy groups -OCH3 is 2. The molecular formula is C19H23ClFNO3. The Kier molecular flexibility index (Phi) is 6.64. The molecular weight excluding hydrogens is 345 g/mol. The quantitative estimate of drug-likeness (QED) is 0.782. The zero-order valence-electron chi connectivity index (χ0n) is 14.5. The predicted molar refractivity (Wildman–Crippen MR) is 96.8 cm³/mol. The topological polar surface area (TPSA) is 64.7 Å². The molecule has 0 bridgehead atoms. The molecule has 3 atom stereocenters. The average molecular weight is 368 g/mol. The Morgan fingerprint density at radius 2 is 1.84 bits per heavy atom. The zero-order chi connectivity index (χ0) is 18.6. The molecule has 2 aromatic rings. The van der Waals surface area contributed by atoms with Crippen LogP contribution in [0.25, 0.3) is 0 Å². The fourth-order valence-corrected chi connectivity index (χ4v) is 2.96. The van der Waals surface area contributed by atoms with Gasteiger partial charge in [-0.1, -0.05) is 36.7 Å². The van der Waals surface area contributed by atoms with E-state index < -0.39 is 18.0 Å². The van der Waals surface area contributed by atoms with Crippen molar-refractivity contribution in [2.45, 2.75) is 25.5 Å². The highest BCUT2D eigenvalue weighted by Crippen LogP contribution is 2.31. The lowest BCUT2D eigenvalue weighted by atomic mass is 9.88. The van der Waals surface area contributed by atoms with Crippen molar-refractivity contribution in [2.75, 3.05) is 14.2 Å². The molecule has 0 saturated heterocycles. The van der Waals surface area contributed by atoms with E-state index in [0.717, 1.165) is 5.56 Å². The molecule has 0 aliphatic carbocycles. The second kappa shape index (κ2) is 8.52. The molecule has 0 aliphatic heterocycles. The second-order valence-corrected chi connectivity index (χ2v) is 6.44. The molecule has 136 valence electrons. The summed E-state index contributed by atoms with van der Waals surface area (Å²) in [5.41, 5.74) is 7.27. The molecule has 3 N–H and O–H groups in total. The fourth-order valence-electron chi connectivity index (χ4n) is 2.78. The van der Waals surface area contributed by atoms with E-state index in [1.54, 1.807) is 20.3 Å². The molecule has 0 fully saturated rings. The second-order valence-electron chi connectivity index (χ2n) is 6.04. The van der Waals surface area contributed by atoms with Gasteiger partial charge in [0.15, 0.2) is 11.5 Å². The third-order valence-corrected chi connectivity index (χ3v) is 4.62. The molecule has 0 aliphatic rings. The standard InChI is InChI=1S/C19H23ClFNO3/c1-11(9-12-7-8-15(24-2)16(10-12)25-3)18(22)19(23)13-5-4-6-14(20)17(13)21/h4-8,10-11,18-19,23H,9,22H2,1-3H3/t11?,18-,19-/m1/s1. The summed E-state index contributed by atoms with van der Waals surface area (Å²) in [5, 5.41) is 10.4. The summed E-state index contributed by atoms with van der Waals surface area (Å²) in [6, 6.07) is 9.47. The maximum atomic E-state index is 14.1. The Morgan fingerprint density at radius 1 is 1.16 bits per heavy atom. The van der Waals surface area contributed by atoms with Crippen molar-refractivity contribution in [3.8, 4) is 11.5 Å². The minimum Gasteiger partial charge on any atom is -0.493 e. The van der Waals surface area contributed by atoms with E-state index in [0.29, 0.717) is 17.9 Å². The van der Waals surface area contributed by atoms with Gasteiger partial charge in [-0.15, -0.1) is 0 Å². The van der Waals surface area contributed by atoms with Crippen LogP contribution < -0.4 is 15.2 Å². The van der Waals surface area contributed by atoms with Crippen molar-refractivity contribution in [2.24, 2.45) is 11.7 Å². The summed E-state index contributed by atoms with van der Waals surface area (Å²) in [5.74, 6) is 0.531. The fraction of sp³-hybridized carbons (Fsp3) is 0.368. The largest absolute Gasteiger partial charge is 0.493 e. The van der Waals surface area contributed by atoms with Gasteiger partial charge >= 0.3 is 0 Å². The maximum Gasteiger partial charge on any atom is 0.160 e. The van der Waals surface area contributed by atoms with Crippen molar-refractivity contribution >= 4 is 11.6 Å². The lowest BCUT2D eigenvalue weighted by Crippen LogP contribution is -2.36. The van der Waals surface area contributed by atoms with Crippen molar-refractivity contribution in [3.63, 3.8) is 0 Å². The molecule has 2 aromatic carbocycles. The number of nitrogens with two attached hydrogens (primary N) is 1. The molecule has 0 saturated carbocycles. The van der Waals surface area contributed by atoms with Gasteiger partial charge in [0.1, 0.15) is 5.82 Å². The first-order chi connectivity index (χ1) is 11.9. The van der Waals surface area contributed by atoms with Gasteiger partial charge in [0, 0.05) is 11.6 Å². The van der Waals surface area contributed by atoms with Crippen LogP contribution in [0.15, 0.2) is 36.4 Å². The van der Waals surface area contributed by atoms with Crippen molar-refractivity contribution < 1.29 is 19.0 Å².